The second kappa shape index (κ2) is 6.60. The Morgan fingerprint density at radius 1 is 1.53 bits per heavy atom. The van der Waals surface area contributed by atoms with Crippen molar-refractivity contribution in [1.29, 1.82) is 5.26 Å². The van der Waals surface area contributed by atoms with Crippen LogP contribution in [0.2, 0.25) is 0 Å². The van der Waals surface area contributed by atoms with E-state index in [0.29, 0.717) is 18.2 Å². The number of anilines is 1. The first-order valence-corrected chi connectivity index (χ1v) is 4.84. The van der Waals surface area contributed by atoms with Crippen molar-refractivity contribution < 1.29 is 4.74 Å². The molecule has 0 radical (unpaired) electrons. The first-order chi connectivity index (χ1) is 7.36. The van der Waals surface area contributed by atoms with Gasteiger partial charge >= 0.3 is 0 Å². The van der Waals surface area contributed by atoms with Gasteiger partial charge in [0.2, 0.25) is 11.8 Å². The molecule has 0 aliphatic rings. The van der Waals surface area contributed by atoms with Gasteiger partial charge in [0.05, 0.1) is 13.2 Å². The van der Waals surface area contributed by atoms with Gasteiger partial charge in [0.25, 0.3) is 0 Å². The van der Waals surface area contributed by atoms with Gasteiger partial charge in [0.1, 0.15) is 0 Å². The summed E-state index contributed by atoms with van der Waals surface area (Å²) in [5.74, 6) is 1.11. The highest BCUT2D eigenvalue weighted by atomic mass is 16.5. The Hall–Kier alpha value is -1.83. The summed E-state index contributed by atoms with van der Waals surface area (Å²) in [7, 11) is 1.57. The fraction of sp³-hybridized carbons (Fsp3) is 0.500. The molecular weight excluding hydrogens is 192 g/mol. The van der Waals surface area contributed by atoms with Crippen LogP contribution in [0.5, 0.6) is 5.88 Å². The van der Waals surface area contributed by atoms with Crippen molar-refractivity contribution in [3.05, 3.63) is 12.3 Å². The van der Waals surface area contributed by atoms with Gasteiger partial charge in [0.15, 0.2) is 0 Å². The minimum absolute atomic E-state index is 0.546. The van der Waals surface area contributed by atoms with E-state index in [0.717, 1.165) is 19.4 Å². The van der Waals surface area contributed by atoms with E-state index in [4.69, 9.17) is 10.00 Å². The average Bonchev–Trinajstić information content (AvgIpc) is 2.29. The van der Waals surface area contributed by atoms with E-state index >= 15 is 0 Å². The van der Waals surface area contributed by atoms with E-state index in [-0.39, 0.29) is 0 Å². The van der Waals surface area contributed by atoms with Crippen molar-refractivity contribution in [2.75, 3.05) is 19.0 Å². The van der Waals surface area contributed by atoms with Crippen LogP contribution in [0.4, 0.5) is 5.95 Å². The van der Waals surface area contributed by atoms with Crippen LogP contribution in [0.3, 0.4) is 0 Å². The minimum Gasteiger partial charge on any atom is -0.481 e. The number of hydrogen-bond donors (Lipinski definition) is 1. The molecule has 5 heteroatoms. The maximum absolute atomic E-state index is 8.34. The van der Waals surface area contributed by atoms with Crippen molar-refractivity contribution in [2.24, 2.45) is 0 Å². The zero-order valence-corrected chi connectivity index (χ0v) is 8.73. The summed E-state index contributed by atoms with van der Waals surface area (Å²) in [5, 5.41) is 11.4. The molecule has 0 atom stereocenters. The van der Waals surface area contributed by atoms with Gasteiger partial charge in [-0.1, -0.05) is 0 Å². The lowest BCUT2D eigenvalue weighted by Crippen LogP contribution is -2.05. The molecule has 1 aromatic rings. The summed E-state index contributed by atoms with van der Waals surface area (Å²) >= 11 is 0. The third-order valence-electron chi connectivity index (χ3n) is 1.84. The molecule has 15 heavy (non-hydrogen) atoms. The molecule has 0 aromatic carbocycles. The molecule has 1 heterocycles. The summed E-state index contributed by atoms with van der Waals surface area (Å²) in [6.07, 6.45) is 4.08. The van der Waals surface area contributed by atoms with Crippen LogP contribution < -0.4 is 10.1 Å². The number of nitrogens with zero attached hydrogens (tertiary/aromatic N) is 3. The highest BCUT2D eigenvalue weighted by molar-refractivity contribution is 5.26. The number of methoxy groups -OCH3 is 1. The lowest BCUT2D eigenvalue weighted by atomic mass is 10.2. The van der Waals surface area contributed by atoms with E-state index in [1.165, 1.54) is 0 Å². The lowest BCUT2D eigenvalue weighted by molar-refractivity contribution is 0.397. The Balaban J connectivity index is 2.28. The Morgan fingerprint density at radius 3 is 3.13 bits per heavy atom. The predicted octanol–water partition coefficient (Wildman–Crippen LogP) is 1.59. The van der Waals surface area contributed by atoms with Gasteiger partial charge in [0, 0.05) is 25.2 Å². The van der Waals surface area contributed by atoms with Crippen LogP contribution in [-0.4, -0.2) is 23.6 Å². The molecular formula is C10H14N4O. The van der Waals surface area contributed by atoms with Crippen molar-refractivity contribution in [1.82, 2.24) is 9.97 Å². The Morgan fingerprint density at radius 2 is 2.40 bits per heavy atom. The number of rotatable bonds is 6. The summed E-state index contributed by atoms with van der Waals surface area (Å²) in [6, 6.07) is 3.80. The van der Waals surface area contributed by atoms with Gasteiger partial charge in [-0.25, -0.2) is 4.98 Å². The minimum atomic E-state index is 0.546. The summed E-state index contributed by atoms with van der Waals surface area (Å²) < 4.78 is 4.97. The van der Waals surface area contributed by atoms with E-state index in [2.05, 4.69) is 21.4 Å². The van der Waals surface area contributed by atoms with Crippen LogP contribution in [-0.2, 0) is 0 Å². The monoisotopic (exact) mass is 206 g/mol. The lowest BCUT2D eigenvalue weighted by Gasteiger charge is -2.04. The Bertz CT molecular complexity index is 334. The largest absolute Gasteiger partial charge is 0.481 e. The van der Waals surface area contributed by atoms with E-state index in [1.807, 2.05) is 0 Å². The van der Waals surface area contributed by atoms with Crippen molar-refractivity contribution in [3.8, 4) is 11.9 Å². The molecule has 0 spiro atoms. The number of unbranched alkanes of at least 4 members (excludes halogenated alkanes) is 2. The van der Waals surface area contributed by atoms with Crippen LogP contribution >= 0.6 is 0 Å². The number of ether oxygens (including phenoxy) is 1. The molecule has 1 rings (SSSR count). The number of aromatic nitrogens is 2. The fourth-order valence-electron chi connectivity index (χ4n) is 1.07. The molecule has 0 aliphatic heterocycles. The molecule has 0 bridgehead atoms. The highest BCUT2D eigenvalue weighted by Gasteiger charge is 1.97. The summed E-state index contributed by atoms with van der Waals surface area (Å²) in [4.78, 5) is 8.14. The maximum Gasteiger partial charge on any atom is 0.225 e. The van der Waals surface area contributed by atoms with Gasteiger partial charge in [-0.2, -0.15) is 10.2 Å². The first kappa shape index (κ1) is 11.2. The van der Waals surface area contributed by atoms with Gasteiger partial charge in [-0.15, -0.1) is 0 Å². The van der Waals surface area contributed by atoms with E-state index in [9.17, 15) is 0 Å². The standard InChI is InChI=1S/C10H14N4O/c1-15-9-5-8-13-10(14-9)12-7-4-2-3-6-11/h5,8H,2-4,7H2,1H3,(H,12,13,14). The predicted molar refractivity (Wildman–Crippen MR) is 56.5 cm³/mol. The number of hydrogen-bond acceptors (Lipinski definition) is 5. The Labute approximate surface area is 89.1 Å². The van der Waals surface area contributed by atoms with Crippen molar-refractivity contribution >= 4 is 5.95 Å². The van der Waals surface area contributed by atoms with Crippen molar-refractivity contribution in [2.45, 2.75) is 19.3 Å². The molecule has 1 aromatic heterocycles. The van der Waals surface area contributed by atoms with Crippen LogP contribution in [0.1, 0.15) is 19.3 Å². The normalized spacial score (nSPS) is 9.33. The maximum atomic E-state index is 8.34. The zero-order valence-electron chi connectivity index (χ0n) is 8.73. The molecule has 0 saturated heterocycles. The average molecular weight is 206 g/mol. The number of nitrogens with one attached hydrogen (secondary N) is 1. The smallest absolute Gasteiger partial charge is 0.225 e. The second-order valence-corrected chi connectivity index (χ2v) is 2.96. The first-order valence-electron chi connectivity index (χ1n) is 4.84. The molecule has 0 amide bonds. The number of nitriles is 1. The molecule has 5 nitrogen and oxygen atoms in total. The third kappa shape index (κ3) is 4.27. The molecule has 0 unspecified atom stereocenters. The second-order valence-electron chi connectivity index (χ2n) is 2.96. The molecule has 0 saturated carbocycles. The fourth-order valence-corrected chi connectivity index (χ4v) is 1.07. The molecule has 0 fully saturated rings. The molecule has 1 N–H and O–H groups in total. The topological polar surface area (TPSA) is 70.8 Å². The Kier molecular flexibility index (Phi) is 4.95. The molecule has 0 aliphatic carbocycles. The van der Waals surface area contributed by atoms with Gasteiger partial charge in [-0.05, 0) is 12.8 Å². The van der Waals surface area contributed by atoms with Gasteiger partial charge in [-0.3, -0.25) is 0 Å². The van der Waals surface area contributed by atoms with Crippen LogP contribution in [0.25, 0.3) is 0 Å². The summed E-state index contributed by atoms with van der Waals surface area (Å²) in [6.45, 7) is 0.773. The van der Waals surface area contributed by atoms with Crippen LogP contribution in [0, 0.1) is 11.3 Å². The highest BCUT2D eigenvalue weighted by Crippen LogP contribution is 2.07. The van der Waals surface area contributed by atoms with Crippen molar-refractivity contribution in [3.63, 3.8) is 0 Å². The summed E-state index contributed by atoms with van der Waals surface area (Å²) in [5.41, 5.74) is 0. The van der Waals surface area contributed by atoms with Gasteiger partial charge < -0.3 is 10.1 Å². The van der Waals surface area contributed by atoms with E-state index in [1.54, 1.807) is 19.4 Å². The third-order valence-corrected chi connectivity index (χ3v) is 1.84. The quantitative estimate of drug-likeness (QED) is 0.716. The molecule has 80 valence electrons. The zero-order chi connectivity index (χ0) is 10.9. The van der Waals surface area contributed by atoms with E-state index < -0.39 is 0 Å². The SMILES string of the molecule is COc1ccnc(NCCCCC#N)n1. The van der Waals surface area contributed by atoms with Crippen LogP contribution in [0.15, 0.2) is 12.3 Å².